The van der Waals surface area contributed by atoms with Gasteiger partial charge in [-0.15, -0.1) is 0 Å². The van der Waals surface area contributed by atoms with Crippen molar-refractivity contribution in [2.45, 2.75) is 0 Å². The van der Waals surface area contributed by atoms with E-state index in [1.807, 2.05) is 12.1 Å². The van der Waals surface area contributed by atoms with Crippen molar-refractivity contribution in [2.24, 2.45) is 0 Å². The van der Waals surface area contributed by atoms with E-state index in [-0.39, 0.29) is 11.8 Å². The summed E-state index contributed by atoms with van der Waals surface area (Å²) < 4.78 is 2.44. The number of rotatable bonds is 2. The number of anilines is 1. The van der Waals surface area contributed by atoms with Crippen molar-refractivity contribution in [3.63, 3.8) is 0 Å². The quantitative estimate of drug-likeness (QED) is 0.652. The first-order chi connectivity index (χ1) is 11.2. The average molecular weight is 368 g/mol. The lowest BCUT2D eigenvalue weighted by Crippen LogP contribution is -2.30. The first-order valence-corrected chi connectivity index (χ1v) is 7.73. The van der Waals surface area contributed by atoms with Gasteiger partial charge in [0, 0.05) is 6.20 Å². The van der Waals surface area contributed by atoms with Gasteiger partial charge >= 0.3 is 0 Å². The molecule has 2 heterocycles. The van der Waals surface area contributed by atoms with Crippen LogP contribution in [0.2, 0.25) is 0 Å². The first kappa shape index (κ1) is 13.9. The van der Waals surface area contributed by atoms with Crippen LogP contribution in [0, 0.1) is 0 Å². The van der Waals surface area contributed by atoms with Crippen LogP contribution in [-0.2, 0) is 0 Å². The summed E-state index contributed by atoms with van der Waals surface area (Å²) in [5.41, 5.74) is 2.02. The molecule has 3 aromatic rings. The number of fused-ring (bicyclic) bond motifs is 1. The number of imide groups is 1. The number of carbonyl (C=O) groups is 2. The van der Waals surface area contributed by atoms with E-state index in [0.29, 0.717) is 22.5 Å². The summed E-state index contributed by atoms with van der Waals surface area (Å²) in [5, 5.41) is 4.24. The number of amides is 2. The monoisotopic (exact) mass is 367 g/mol. The van der Waals surface area contributed by atoms with Gasteiger partial charge in [-0.3, -0.25) is 9.59 Å². The van der Waals surface area contributed by atoms with Crippen LogP contribution in [0.5, 0.6) is 0 Å². The van der Waals surface area contributed by atoms with Gasteiger partial charge in [0.15, 0.2) is 0 Å². The molecule has 1 aliphatic rings. The highest BCUT2D eigenvalue weighted by Crippen LogP contribution is 2.32. The Bertz CT molecular complexity index is 913. The Labute approximate surface area is 140 Å². The maximum absolute atomic E-state index is 12.7. The fourth-order valence-electron chi connectivity index (χ4n) is 2.69. The summed E-state index contributed by atoms with van der Waals surface area (Å²) in [6.07, 6.45) is 3.43. The lowest BCUT2D eigenvalue weighted by molar-refractivity contribution is 0.0926. The molecular weight excluding hydrogens is 358 g/mol. The molecule has 2 aromatic carbocycles. The van der Waals surface area contributed by atoms with Crippen molar-refractivity contribution in [3.8, 4) is 5.69 Å². The zero-order valence-corrected chi connectivity index (χ0v) is 13.4. The van der Waals surface area contributed by atoms with Crippen molar-refractivity contribution < 1.29 is 9.59 Å². The van der Waals surface area contributed by atoms with Crippen LogP contribution in [0.3, 0.4) is 0 Å². The SMILES string of the molecule is O=C1c2ccccc2C(=O)N1c1ccccc1-n1cc(Br)cn1. The van der Waals surface area contributed by atoms with E-state index < -0.39 is 0 Å². The smallest absolute Gasteiger partial charge is 0.266 e. The molecule has 0 spiro atoms. The van der Waals surface area contributed by atoms with Crippen molar-refractivity contribution in [2.75, 3.05) is 4.90 Å². The van der Waals surface area contributed by atoms with Crippen LogP contribution >= 0.6 is 15.9 Å². The van der Waals surface area contributed by atoms with E-state index >= 15 is 0 Å². The number of benzene rings is 2. The number of aromatic nitrogens is 2. The number of carbonyl (C=O) groups excluding carboxylic acids is 2. The molecule has 1 aromatic heterocycles. The molecule has 0 bridgehead atoms. The number of para-hydroxylation sites is 2. The zero-order valence-electron chi connectivity index (χ0n) is 11.8. The predicted molar refractivity (Wildman–Crippen MR) is 88.8 cm³/mol. The predicted octanol–water partition coefficient (Wildman–Crippen LogP) is 3.44. The Morgan fingerprint density at radius 3 is 1.96 bits per heavy atom. The van der Waals surface area contributed by atoms with Crippen LogP contribution in [0.4, 0.5) is 5.69 Å². The molecule has 23 heavy (non-hydrogen) atoms. The number of hydrogen-bond acceptors (Lipinski definition) is 3. The molecule has 0 unspecified atom stereocenters. The Morgan fingerprint density at radius 2 is 1.39 bits per heavy atom. The molecule has 112 valence electrons. The second-order valence-electron chi connectivity index (χ2n) is 5.08. The van der Waals surface area contributed by atoms with Crippen molar-refractivity contribution >= 4 is 33.4 Å². The van der Waals surface area contributed by atoms with Crippen molar-refractivity contribution in [1.29, 1.82) is 0 Å². The summed E-state index contributed by atoms with van der Waals surface area (Å²) in [4.78, 5) is 26.5. The Kier molecular flexibility index (Phi) is 3.12. The molecule has 0 saturated heterocycles. The molecule has 4 rings (SSSR count). The highest BCUT2D eigenvalue weighted by atomic mass is 79.9. The minimum atomic E-state index is -0.315. The molecule has 0 radical (unpaired) electrons. The molecule has 6 heteroatoms. The maximum Gasteiger partial charge on any atom is 0.266 e. The second kappa shape index (κ2) is 5.17. The fraction of sp³-hybridized carbons (Fsp3) is 0. The average Bonchev–Trinajstić information content (AvgIpc) is 3.11. The normalized spacial score (nSPS) is 13.5. The van der Waals surface area contributed by atoms with Gasteiger partial charge in [0.1, 0.15) is 0 Å². The largest absolute Gasteiger partial charge is 0.268 e. The van der Waals surface area contributed by atoms with E-state index in [4.69, 9.17) is 0 Å². The van der Waals surface area contributed by atoms with E-state index in [9.17, 15) is 9.59 Å². The van der Waals surface area contributed by atoms with Gasteiger partial charge in [-0.25, -0.2) is 9.58 Å². The van der Waals surface area contributed by atoms with E-state index in [1.54, 1.807) is 53.5 Å². The van der Waals surface area contributed by atoms with Crippen LogP contribution < -0.4 is 4.90 Å². The molecule has 0 atom stereocenters. The van der Waals surface area contributed by atoms with E-state index in [1.165, 1.54) is 4.90 Å². The number of hydrogen-bond donors (Lipinski definition) is 0. The minimum absolute atomic E-state index is 0.315. The van der Waals surface area contributed by atoms with Gasteiger partial charge in [-0.2, -0.15) is 5.10 Å². The van der Waals surface area contributed by atoms with Gasteiger partial charge in [-0.1, -0.05) is 24.3 Å². The zero-order chi connectivity index (χ0) is 16.0. The lowest BCUT2D eigenvalue weighted by Gasteiger charge is -2.17. The molecule has 0 saturated carbocycles. The fourth-order valence-corrected chi connectivity index (χ4v) is 2.97. The van der Waals surface area contributed by atoms with Gasteiger partial charge in [0.05, 0.1) is 33.2 Å². The van der Waals surface area contributed by atoms with Crippen LogP contribution in [0.15, 0.2) is 65.4 Å². The number of halogens is 1. The van der Waals surface area contributed by atoms with Crippen LogP contribution in [-0.4, -0.2) is 21.6 Å². The van der Waals surface area contributed by atoms with E-state index in [0.717, 1.165) is 4.47 Å². The third-order valence-corrected chi connectivity index (χ3v) is 4.12. The summed E-state index contributed by atoms with van der Waals surface area (Å²) in [6, 6.07) is 14.0. The molecule has 0 aliphatic carbocycles. The first-order valence-electron chi connectivity index (χ1n) is 6.94. The van der Waals surface area contributed by atoms with Crippen molar-refractivity contribution in [1.82, 2.24) is 9.78 Å². The highest BCUT2D eigenvalue weighted by Gasteiger charge is 2.37. The van der Waals surface area contributed by atoms with Crippen LogP contribution in [0.25, 0.3) is 5.69 Å². The van der Waals surface area contributed by atoms with Gasteiger partial charge < -0.3 is 0 Å². The lowest BCUT2D eigenvalue weighted by atomic mass is 10.1. The summed E-state index contributed by atoms with van der Waals surface area (Å²) >= 11 is 3.35. The van der Waals surface area contributed by atoms with Crippen molar-refractivity contribution in [3.05, 3.63) is 76.5 Å². The molecule has 2 amide bonds. The summed E-state index contributed by atoms with van der Waals surface area (Å²) in [7, 11) is 0. The third-order valence-electron chi connectivity index (χ3n) is 3.71. The molecule has 1 aliphatic heterocycles. The third kappa shape index (κ3) is 2.10. The van der Waals surface area contributed by atoms with Crippen LogP contribution in [0.1, 0.15) is 20.7 Å². The molecule has 0 N–H and O–H groups in total. The summed E-state index contributed by atoms with van der Waals surface area (Å²) in [5.74, 6) is -0.631. The van der Waals surface area contributed by atoms with Gasteiger partial charge in [0.25, 0.3) is 11.8 Å². The summed E-state index contributed by atoms with van der Waals surface area (Å²) in [6.45, 7) is 0. The second-order valence-corrected chi connectivity index (χ2v) is 6.00. The molecule has 5 nitrogen and oxygen atoms in total. The topological polar surface area (TPSA) is 55.2 Å². The Hall–Kier alpha value is -2.73. The Balaban J connectivity index is 1.87. The molecule has 0 fully saturated rings. The highest BCUT2D eigenvalue weighted by molar-refractivity contribution is 9.10. The maximum atomic E-state index is 12.7. The number of nitrogens with zero attached hydrogens (tertiary/aromatic N) is 3. The van der Waals surface area contributed by atoms with E-state index in [2.05, 4.69) is 21.0 Å². The molecular formula is C17H10BrN3O2. The Morgan fingerprint density at radius 1 is 0.826 bits per heavy atom. The van der Waals surface area contributed by atoms with Gasteiger partial charge in [-0.05, 0) is 40.2 Å². The minimum Gasteiger partial charge on any atom is -0.268 e. The standard InChI is InChI=1S/C17H10BrN3O2/c18-11-9-19-20(10-11)14-7-3-4-8-15(14)21-16(22)12-5-1-2-6-13(12)17(21)23/h1-10H. The van der Waals surface area contributed by atoms with Gasteiger partial charge in [0.2, 0.25) is 0 Å².